The Balaban J connectivity index is 1.65. The second-order valence-corrected chi connectivity index (χ2v) is 6.04. The Morgan fingerprint density at radius 1 is 1.04 bits per heavy atom. The highest BCUT2D eigenvalue weighted by Crippen LogP contribution is 2.25. The summed E-state index contributed by atoms with van der Waals surface area (Å²) in [5, 5.41) is 3.24. The van der Waals surface area contributed by atoms with Crippen LogP contribution in [-0.4, -0.2) is 24.3 Å². The van der Waals surface area contributed by atoms with Crippen molar-refractivity contribution >= 4 is 46.5 Å². The number of rotatable bonds is 4. The zero-order valence-electron chi connectivity index (χ0n) is 12.3. The molecule has 2 aromatic rings. The van der Waals surface area contributed by atoms with E-state index in [4.69, 9.17) is 27.9 Å². The van der Waals surface area contributed by atoms with Crippen LogP contribution in [0, 0.1) is 0 Å². The zero-order valence-corrected chi connectivity index (χ0v) is 13.8. The number of carbonyl (C=O) groups is 3. The minimum Gasteiger partial charge on any atom is -0.454 e. The maximum atomic E-state index is 12.2. The Morgan fingerprint density at radius 2 is 1.79 bits per heavy atom. The van der Waals surface area contributed by atoms with Gasteiger partial charge in [-0.05, 0) is 42.0 Å². The third-order valence-corrected chi connectivity index (χ3v) is 4.28. The fourth-order valence-corrected chi connectivity index (χ4v) is 2.62. The van der Waals surface area contributed by atoms with E-state index in [1.807, 2.05) is 0 Å². The average molecular weight is 364 g/mol. The number of carbonyl (C=O) groups excluding carboxylic acids is 3. The molecule has 0 bridgehead atoms. The lowest BCUT2D eigenvalue weighted by Crippen LogP contribution is -2.14. The number of esters is 1. The van der Waals surface area contributed by atoms with Crippen LogP contribution in [0.3, 0.4) is 0 Å². The number of halogens is 2. The van der Waals surface area contributed by atoms with Crippen molar-refractivity contribution in [3.05, 3.63) is 63.1 Å². The van der Waals surface area contributed by atoms with Crippen molar-refractivity contribution in [3.63, 3.8) is 0 Å². The molecule has 0 fully saturated rings. The van der Waals surface area contributed by atoms with E-state index in [0.717, 1.165) is 5.56 Å². The van der Waals surface area contributed by atoms with E-state index < -0.39 is 12.6 Å². The summed E-state index contributed by atoms with van der Waals surface area (Å²) in [6.45, 7) is -0.404. The molecule has 3 rings (SSSR count). The van der Waals surface area contributed by atoms with Crippen molar-refractivity contribution in [1.29, 1.82) is 0 Å². The Bertz CT molecular complexity index is 864. The van der Waals surface area contributed by atoms with Gasteiger partial charge in [0.05, 0.1) is 22.0 Å². The summed E-state index contributed by atoms with van der Waals surface area (Å²) in [4.78, 5) is 35.4. The molecule has 0 saturated carbocycles. The van der Waals surface area contributed by atoms with Gasteiger partial charge in [-0.25, -0.2) is 4.79 Å². The van der Waals surface area contributed by atoms with Crippen LogP contribution in [0.25, 0.3) is 0 Å². The number of hydrogen-bond acceptors (Lipinski definition) is 4. The number of nitrogens with one attached hydrogen (secondary N) is 1. The summed E-state index contributed by atoms with van der Waals surface area (Å²) < 4.78 is 5.01. The highest BCUT2D eigenvalue weighted by atomic mass is 35.5. The quantitative estimate of drug-likeness (QED) is 0.666. The minimum atomic E-state index is -0.667. The first-order chi connectivity index (χ1) is 11.4. The molecule has 2 aromatic carbocycles. The monoisotopic (exact) mass is 363 g/mol. The first kappa shape index (κ1) is 16.5. The molecule has 5 nitrogen and oxygen atoms in total. The van der Waals surface area contributed by atoms with E-state index in [0.29, 0.717) is 16.3 Å². The number of ether oxygens (including phenoxy) is 1. The molecule has 1 aliphatic rings. The number of amides is 1. The molecule has 7 heteroatoms. The third-order valence-electron chi connectivity index (χ3n) is 3.54. The first-order valence-electron chi connectivity index (χ1n) is 7.02. The lowest BCUT2D eigenvalue weighted by Gasteiger charge is -2.06. The summed E-state index contributed by atoms with van der Waals surface area (Å²) in [7, 11) is 0. The standard InChI is InChI=1S/C17H11Cl2NO4/c18-12-3-1-10(6-13(12)19)17(23)24-8-15(21)9-2-4-14-11(5-9)7-16(22)20-14/h1-6H,7-8H2,(H,20,22). The topological polar surface area (TPSA) is 72.5 Å². The van der Waals surface area contributed by atoms with Crippen LogP contribution >= 0.6 is 23.2 Å². The number of hydrogen-bond donors (Lipinski definition) is 1. The van der Waals surface area contributed by atoms with Crippen molar-refractivity contribution in [3.8, 4) is 0 Å². The van der Waals surface area contributed by atoms with E-state index in [9.17, 15) is 14.4 Å². The second-order valence-electron chi connectivity index (χ2n) is 5.23. The average Bonchev–Trinajstić information content (AvgIpc) is 2.93. The van der Waals surface area contributed by atoms with Crippen LogP contribution in [0.2, 0.25) is 10.0 Å². The third kappa shape index (κ3) is 3.42. The van der Waals surface area contributed by atoms with Gasteiger partial charge in [-0.2, -0.15) is 0 Å². The second kappa shape index (κ2) is 6.63. The Hall–Kier alpha value is -2.37. The van der Waals surface area contributed by atoms with Crippen molar-refractivity contribution in [2.24, 2.45) is 0 Å². The predicted molar refractivity (Wildman–Crippen MR) is 89.9 cm³/mol. The highest BCUT2D eigenvalue weighted by Gasteiger charge is 2.20. The lowest BCUT2D eigenvalue weighted by atomic mass is 10.1. The molecule has 0 aliphatic carbocycles. The Kier molecular flexibility index (Phi) is 4.55. The summed E-state index contributed by atoms with van der Waals surface area (Å²) >= 11 is 11.6. The predicted octanol–water partition coefficient (Wildman–Crippen LogP) is 3.53. The van der Waals surface area contributed by atoms with Gasteiger partial charge in [-0.15, -0.1) is 0 Å². The number of ketones is 1. The van der Waals surface area contributed by atoms with Crippen LogP contribution in [0.15, 0.2) is 36.4 Å². The summed E-state index contributed by atoms with van der Waals surface area (Å²) in [5.41, 5.74) is 2.04. The molecular formula is C17H11Cl2NO4. The first-order valence-corrected chi connectivity index (χ1v) is 7.78. The van der Waals surface area contributed by atoms with Gasteiger partial charge in [0.15, 0.2) is 12.4 Å². The molecule has 0 spiro atoms. The van der Waals surface area contributed by atoms with Gasteiger partial charge in [-0.3, -0.25) is 9.59 Å². The normalized spacial score (nSPS) is 12.5. The summed E-state index contributed by atoms with van der Waals surface area (Å²) in [6.07, 6.45) is 0.236. The van der Waals surface area contributed by atoms with E-state index in [1.165, 1.54) is 18.2 Å². The van der Waals surface area contributed by atoms with Crippen LogP contribution in [-0.2, 0) is 16.0 Å². The smallest absolute Gasteiger partial charge is 0.338 e. The van der Waals surface area contributed by atoms with Crippen molar-refractivity contribution in [2.75, 3.05) is 11.9 Å². The molecule has 122 valence electrons. The number of Topliss-reactive ketones (excluding diaryl/α,β-unsaturated/α-hetero) is 1. The van der Waals surface area contributed by atoms with Gasteiger partial charge >= 0.3 is 5.97 Å². The fraction of sp³-hybridized carbons (Fsp3) is 0.118. The fourth-order valence-electron chi connectivity index (χ4n) is 2.32. The molecular weight excluding hydrogens is 353 g/mol. The van der Waals surface area contributed by atoms with E-state index in [-0.39, 0.29) is 28.7 Å². The van der Waals surface area contributed by atoms with Crippen molar-refractivity contribution < 1.29 is 19.1 Å². The lowest BCUT2D eigenvalue weighted by molar-refractivity contribution is -0.115. The van der Waals surface area contributed by atoms with E-state index in [2.05, 4.69) is 5.32 Å². The van der Waals surface area contributed by atoms with Crippen LogP contribution in [0.4, 0.5) is 5.69 Å². The van der Waals surface area contributed by atoms with Crippen molar-refractivity contribution in [1.82, 2.24) is 0 Å². The number of benzene rings is 2. The molecule has 24 heavy (non-hydrogen) atoms. The largest absolute Gasteiger partial charge is 0.454 e. The minimum absolute atomic E-state index is 0.111. The van der Waals surface area contributed by atoms with Crippen molar-refractivity contribution in [2.45, 2.75) is 6.42 Å². The molecule has 0 radical (unpaired) electrons. The number of anilines is 1. The SMILES string of the molecule is O=C1Cc2cc(C(=O)COC(=O)c3ccc(Cl)c(Cl)c3)ccc2N1. The van der Waals surface area contributed by atoms with E-state index >= 15 is 0 Å². The molecule has 0 saturated heterocycles. The van der Waals surface area contributed by atoms with Gasteiger partial charge in [0.1, 0.15) is 0 Å². The van der Waals surface area contributed by atoms with Gasteiger partial charge < -0.3 is 10.1 Å². The maximum absolute atomic E-state index is 12.2. The Labute approximate surface area is 147 Å². The summed E-state index contributed by atoms with van der Waals surface area (Å²) in [5.74, 6) is -1.13. The molecule has 1 heterocycles. The van der Waals surface area contributed by atoms with Crippen LogP contribution in [0.1, 0.15) is 26.3 Å². The van der Waals surface area contributed by atoms with Gasteiger partial charge in [0.25, 0.3) is 0 Å². The van der Waals surface area contributed by atoms with Gasteiger partial charge in [0, 0.05) is 11.3 Å². The molecule has 1 amide bonds. The number of fused-ring (bicyclic) bond motifs is 1. The molecule has 0 atom stereocenters. The van der Waals surface area contributed by atoms with Crippen LogP contribution < -0.4 is 5.32 Å². The zero-order chi connectivity index (χ0) is 17.3. The molecule has 1 aliphatic heterocycles. The molecule has 1 N–H and O–H groups in total. The van der Waals surface area contributed by atoms with Gasteiger partial charge in [0.2, 0.25) is 5.91 Å². The summed E-state index contributed by atoms with van der Waals surface area (Å²) in [6, 6.07) is 9.19. The molecule has 0 unspecified atom stereocenters. The maximum Gasteiger partial charge on any atom is 0.338 e. The highest BCUT2D eigenvalue weighted by molar-refractivity contribution is 6.42. The van der Waals surface area contributed by atoms with Crippen LogP contribution in [0.5, 0.6) is 0 Å². The molecule has 0 aromatic heterocycles. The van der Waals surface area contributed by atoms with Gasteiger partial charge in [-0.1, -0.05) is 23.2 Å². The Morgan fingerprint density at radius 3 is 2.54 bits per heavy atom. The van der Waals surface area contributed by atoms with E-state index in [1.54, 1.807) is 18.2 Å².